The predicted molar refractivity (Wildman–Crippen MR) is 82.2 cm³/mol. The van der Waals surface area contributed by atoms with Crippen LogP contribution in [0, 0.1) is 17.3 Å². The summed E-state index contributed by atoms with van der Waals surface area (Å²) in [5, 5.41) is 13.1. The van der Waals surface area contributed by atoms with Gasteiger partial charge in [0.15, 0.2) is 0 Å². The van der Waals surface area contributed by atoms with Crippen LogP contribution in [0.25, 0.3) is 0 Å². The minimum atomic E-state index is -2.52. The number of carbonyl (C=O) groups excluding carboxylic acids is 1. The molecule has 2 N–H and O–H groups in total. The molecule has 1 unspecified atom stereocenters. The summed E-state index contributed by atoms with van der Waals surface area (Å²) in [7, 11) is 0. The SMILES string of the molecule is O=C(N[C@@H]1CC(Cn2ccnc2)C[C@H]1O)C1CC2(C1)CC(F)(F)C2. The number of aliphatic hydroxyl groups is 1. The van der Waals surface area contributed by atoms with Gasteiger partial charge >= 0.3 is 0 Å². The summed E-state index contributed by atoms with van der Waals surface area (Å²) >= 11 is 0. The summed E-state index contributed by atoms with van der Waals surface area (Å²) < 4.78 is 28.0. The van der Waals surface area contributed by atoms with Crippen LogP contribution in [0.4, 0.5) is 8.78 Å². The Bertz CT molecular complexity index is 603. The number of aliphatic hydroxyl groups excluding tert-OH is 1. The number of nitrogens with zero attached hydrogens (tertiary/aromatic N) is 2. The molecular formula is C17H23F2N3O2. The van der Waals surface area contributed by atoms with Crippen LogP contribution in [0.1, 0.15) is 38.5 Å². The number of aromatic nitrogens is 2. The first-order chi connectivity index (χ1) is 11.3. The van der Waals surface area contributed by atoms with Crippen LogP contribution in [0.15, 0.2) is 18.7 Å². The van der Waals surface area contributed by atoms with Gasteiger partial charge in [-0.2, -0.15) is 0 Å². The average Bonchev–Trinajstić information content (AvgIpc) is 3.04. The van der Waals surface area contributed by atoms with Crippen molar-refractivity contribution >= 4 is 5.91 Å². The highest BCUT2D eigenvalue weighted by Gasteiger charge is 2.63. The Hall–Kier alpha value is -1.50. The van der Waals surface area contributed by atoms with Crippen molar-refractivity contribution in [2.45, 2.75) is 63.1 Å². The van der Waals surface area contributed by atoms with Gasteiger partial charge in [-0.1, -0.05) is 0 Å². The Kier molecular flexibility index (Phi) is 3.67. The second-order valence-electron chi connectivity index (χ2n) is 8.09. The van der Waals surface area contributed by atoms with Gasteiger partial charge in [-0.05, 0) is 37.0 Å². The fourth-order valence-electron chi connectivity index (χ4n) is 4.92. The molecule has 3 aliphatic carbocycles. The lowest BCUT2D eigenvalue weighted by molar-refractivity contribution is -0.207. The number of imidazole rings is 1. The van der Waals surface area contributed by atoms with Crippen LogP contribution < -0.4 is 5.32 Å². The molecule has 3 atom stereocenters. The van der Waals surface area contributed by atoms with E-state index in [0.29, 0.717) is 25.2 Å². The van der Waals surface area contributed by atoms with Gasteiger partial charge in [-0.15, -0.1) is 0 Å². The molecule has 0 aromatic carbocycles. The number of alkyl halides is 2. The molecule has 1 spiro atoms. The summed E-state index contributed by atoms with van der Waals surface area (Å²) in [5.74, 6) is -2.47. The molecule has 1 amide bonds. The van der Waals surface area contributed by atoms with Crippen molar-refractivity contribution < 1.29 is 18.7 Å². The normalized spacial score (nSPS) is 33.9. The van der Waals surface area contributed by atoms with E-state index in [-0.39, 0.29) is 36.1 Å². The summed E-state index contributed by atoms with van der Waals surface area (Å²) in [6.45, 7) is 0.783. The van der Waals surface area contributed by atoms with Gasteiger partial charge in [-0.25, -0.2) is 13.8 Å². The lowest BCUT2D eigenvalue weighted by atomic mass is 9.50. The number of hydrogen-bond acceptors (Lipinski definition) is 3. The Labute approximate surface area is 139 Å². The van der Waals surface area contributed by atoms with Crippen LogP contribution in [0.3, 0.4) is 0 Å². The van der Waals surface area contributed by atoms with Gasteiger partial charge < -0.3 is 15.0 Å². The number of carbonyl (C=O) groups is 1. The van der Waals surface area contributed by atoms with Gasteiger partial charge in [0.1, 0.15) is 0 Å². The third-order valence-electron chi connectivity index (χ3n) is 5.98. The minimum absolute atomic E-state index is 0.0667. The molecule has 7 heteroatoms. The highest BCUT2D eigenvalue weighted by Crippen LogP contribution is 2.64. The van der Waals surface area contributed by atoms with Crippen LogP contribution in [0.5, 0.6) is 0 Å². The van der Waals surface area contributed by atoms with Crippen molar-refractivity contribution in [1.82, 2.24) is 14.9 Å². The van der Waals surface area contributed by atoms with Gasteiger partial charge in [0.05, 0.1) is 18.5 Å². The number of nitrogens with one attached hydrogen (secondary N) is 1. The highest BCUT2D eigenvalue weighted by molar-refractivity contribution is 5.80. The Morgan fingerprint density at radius 2 is 2.08 bits per heavy atom. The van der Waals surface area contributed by atoms with Gasteiger partial charge in [0.25, 0.3) is 0 Å². The molecule has 0 radical (unpaired) electrons. The van der Waals surface area contributed by atoms with E-state index in [1.807, 2.05) is 10.8 Å². The van der Waals surface area contributed by atoms with E-state index in [9.17, 15) is 18.7 Å². The third-order valence-corrected chi connectivity index (χ3v) is 5.98. The van der Waals surface area contributed by atoms with E-state index < -0.39 is 12.0 Å². The molecular weight excluding hydrogens is 316 g/mol. The van der Waals surface area contributed by atoms with Crippen molar-refractivity contribution in [3.63, 3.8) is 0 Å². The molecule has 3 aliphatic rings. The first kappa shape index (κ1) is 16.0. The van der Waals surface area contributed by atoms with E-state index in [1.165, 1.54) is 0 Å². The smallest absolute Gasteiger partial charge is 0.249 e. The molecule has 5 nitrogen and oxygen atoms in total. The Balaban J connectivity index is 1.25. The Morgan fingerprint density at radius 3 is 2.71 bits per heavy atom. The molecule has 1 aromatic heterocycles. The molecule has 0 bridgehead atoms. The van der Waals surface area contributed by atoms with Crippen molar-refractivity contribution in [2.75, 3.05) is 0 Å². The van der Waals surface area contributed by atoms with E-state index in [2.05, 4.69) is 10.3 Å². The fraction of sp³-hybridized carbons (Fsp3) is 0.765. The maximum atomic E-state index is 13.0. The lowest BCUT2D eigenvalue weighted by Gasteiger charge is -2.56. The maximum Gasteiger partial charge on any atom is 0.249 e. The first-order valence-electron chi connectivity index (χ1n) is 8.66. The van der Waals surface area contributed by atoms with Crippen LogP contribution >= 0.6 is 0 Å². The molecule has 1 aromatic rings. The lowest BCUT2D eigenvalue weighted by Crippen LogP contribution is -2.57. The largest absolute Gasteiger partial charge is 0.391 e. The molecule has 3 fully saturated rings. The zero-order valence-corrected chi connectivity index (χ0v) is 13.5. The number of amides is 1. The average molecular weight is 339 g/mol. The topological polar surface area (TPSA) is 67.2 Å². The van der Waals surface area contributed by atoms with Crippen molar-refractivity contribution in [3.8, 4) is 0 Å². The quantitative estimate of drug-likeness (QED) is 0.881. The standard InChI is InChI=1S/C17H23F2N3O2/c18-17(19)8-16(9-17)5-12(6-16)15(24)21-13-3-11(4-14(13)23)7-22-2-1-20-10-22/h1-2,10-14,23H,3-9H2,(H,21,24)/t11?,13-,14-/m1/s1. The van der Waals surface area contributed by atoms with E-state index >= 15 is 0 Å². The van der Waals surface area contributed by atoms with Crippen molar-refractivity contribution in [3.05, 3.63) is 18.7 Å². The summed E-state index contributed by atoms with van der Waals surface area (Å²) in [5.41, 5.74) is -0.288. The second kappa shape index (κ2) is 5.51. The zero-order chi connectivity index (χ0) is 16.9. The summed E-state index contributed by atoms with van der Waals surface area (Å²) in [4.78, 5) is 16.3. The number of hydrogen-bond donors (Lipinski definition) is 2. The second-order valence-corrected chi connectivity index (χ2v) is 8.09. The molecule has 24 heavy (non-hydrogen) atoms. The molecule has 132 valence electrons. The molecule has 1 heterocycles. The van der Waals surface area contributed by atoms with Crippen molar-refractivity contribution in [1.29, 1.82) is 0 Å². The highest BCUT2D eigenvalue weighted by atomic mass is 19.3. The molecule has 0 aliphatic heterocycles. The van der Waals surface area contributed by atoms with Gasteiger partial charge in [0, 0.05) is 37.7 Å². The zero-order valence-electron chi connectivity index (χ0n) is 13.5. The molecule has 0 saturated heterocycles. The van der Waals surface area contributed by atoms with Crippen LogP contribution in [-0.4, -0.2) is 38.6 Å². The fourth-order valence-corrected chi connectivity index (χ4v) is 4.92. The van der Waals surface area contributed by atoms with E-state index in [4.69, 9.17) is 0 Å². The number of rotatable bonds is 4. The summed E-state index contributed by atoms with van der Waals surface area (Å²) in [6, 6.07) is -0.231. The Morgan fingerprint density at radius 1 is 1.33 bits per heavy atom. The van der Waals surface area contributed by atoms with Crippen LogP contribution in [0.2, 0.25) is 0 Å². The number of halogens is 2. The molecule has 3 saturated carbocycles. The maximum absolute atomic E-state index is 13.0. The monoisotopic (exact) mass is 339 g/mol. The third kappa shape index (κ3) is 2.94. The van der Waals surface area contributed by atoms with E-state index in [1.54, 1.807) is 12.5 Å². The predicted octanol–water partition coefficient (Wildman–Crippen LogP) is 1.96. The summed E-state index contributed by atoms with van der Waals surface area (Å²) in [6.07, 6.45) is 7.22. The minimum Gasteiger partial charge on any atom is -0.391 e. The van der Waals surface area contributed by atoms with Crippen LogP contribution in [-0.2, 0) is 11.3 Å². The van der Waals surface area contributed by atoms with Crippen molar-refractivity contribution in [2.24, 2.45) is 17.3 Å². The molecule has 4 rings (SSSR count). The van der Waals surface area contributed by atoms with Gasteiger partial charge in [0.2, 0.25) is 11.8 Å². The first-order valence-corrected chi connectivity index (χ1v) is 8.66. The van der Waals surface area contributed by atoms with Gasteiger partial charge in [-0.3, -0.25) is 4.79 Å². The van der Waals surface area contributed by atoms with E-state index in [0.717, 1.165) is 13.0 Å².